The van der Waals surface area contributed by atoms with Crippen molar-refractivity contribution in [2.45, 2.75) is 19.4 Å². The van der Waals surface area contributed by atoms with E-state index >= 15 is 0 Å². The van der Waals surface area contributed by atoms with Gasteiger partial charge in [-0.15, -0.1) is 0 Å². The lowest BCUT2D eigenvalue weighted by Gasteiger charge is -2.23. The monoisotopic (exact) mass is 548 g/mol. The summed E-state index contributed by atoms with van der Waals surface area (Å²) >= 11 is 4.84. The molecule has 8 heteroatoms. The Kier molecular flexibility index (Phi) is 6.17. The summed E-state index contributed by atoms with van der Waals surface area (Å²) in [4.78, 5) is 32.8. The summed E-state index contributed by atoms with van der Waals surface area (Å²) in [6.07, 6.45) is 0.883. The highest BCUT2D eigenvalue weighted by molar-refractivity contribution is 9.10. The van der Waals surface area contributed by atoms with Gasteiger partial charge in [-0.25, -0.2) is 4.98 Å². The second-order valence-corrected chi connectivity index (χ2v) is 10.0. The fourth-order valence-electron chi connectivity index (χ4n) is 4.21. The molecule has 0 radical (unpaired) electrons. The van der Waals surface area contributed by atoms with Gasteiger partial charge >= 0.3 is 5.91 Å². The molecule has 4 aromatic rings. The number of ketones is 1. The van der Waals surface area contributed by atoms with Gasteiger partial charge in [0.2, 0.25) is 0 Å². The van der Waals surface area contributed by atoms with Crippen molar-refractivity contribution in [3.63, 3.8) is 0 Å². The molecule has 0 aliphatic carbocycles. The van der Waals surface area contributed by atoms with Gasteiger partial charge in [-0.1, -0.05) is 52.4 Å². The number of aromatic nitrogens is 1. The molecule has 176 valence electrons. The quantitative estimate of drug-likeness (QED) is 0.181. The van der Waals surface area contributed by atoms with Crippen LogP contribution >= 0.6 is 27.3 Å². The summed E-state index contributed by atoms with van der Waals surface area (Å²) in [5.74, 6) is -1.10. The van der Waals surface area contributed by atoms with E-state index in [-0.39, 0.29) is 11.3 Å². The number of aliphatic hydroxyl groups is 1. The predicted octanol–water partition coefficient (Wildman–Crippen LogP) is 6.26. The van der Waals surface area contributed by atoms with Gasteiger partial charge in [0.15, 0.2) is 5.13 Å². The second kappa shape index (κ2) is 9.28. The molecule has 0 saturated carbocycles. The van der Waals surface area contributed by atoms with Crippen LogP contribution in [-0.4, -0.2) is 28.9 Å². The van der Waals surface area contributed by atoms with Crippen LogP contribution in [0, 0.1) is 0 Å². The minimum absolute atomic E-state index is 0.0202. The molecular formula is C27H21BrN2O4S. The number of hydrogen-bond donors (Lipinski definition) is 1. The maximum absolute atomic E-state index is 13.4. The lowest BCUT2D eigenvalue weighted by atomic mass is 9.95. The van der Waals surface area contributed by atoms with Crippen LogP contribution in [0.5, 0.6) is 5.75 Å². The third-order valence-corrected chi connectivity index (χ3v) is 7.54. The number of fused-ring (bicyclic) bond motifs is 1. The average Bonchev–Trinajstić information content (AvgIpc) is 3.41. The number of carbonyl (C=O) groups is 2. The van der Waals surface area contributed by atoms with Gasteiger partial charge < -0.3 is 9.84 Å². The highest BCUT2D eigenvalue weighted by atomic mass is 79.9. The molecular weight excluding hydrogens is 528 g/mol. The molecule has 1 atom stereocenters. The molecule has 1 amide bonds. The third-order valence-electron chi connectivity index (χ3n) is 6.03. The number of hydrogen-bond acceptors (Lipinski definition) is 6. The summed E-state index contributed by atoms with van der Waals surface area (Å²) in [5.41, 5.74) is 3.04. The standard InChI is InChI=1S/C27H21BrN2O4S/c1-3-15-7-12-20-21(13-15)35-27(29-20)30-23(17-5-4-6-18(28)14-17)22(25(32)26(30)33)24(31)16-8-10-19(34-2)11-9-16/h4-14,23,31H,3H2,1-2H3/b24-22+/t23-/m1/s1. The smallest absolute Gasteiger partial charge is 0.301 e. The summed E-state index contributed by atoms with van der Waals surface area (Å²) in [5, 5.41) is 11.7. The molecule has 0 spiro atoms. The van der Waals surface area contributed by atoms with E-state index in [9.17, 15) is 14.7 Å². The number of aryl methyl sites for hydroxylation is 1. The number of amides is 1. The maximum atomic E-state index is 13.4. The Hall–Kier alpha value is -3.49. The second-order valence-electron chi connectivity index (χ2n) is 8.10. The Morgan fingerprint density at radius 1 is 1.11 bits per heavy atom. The maximum Gasteiger partial charge on any atom is 0.301 e. The van der Waals surface area contributed by atoms with E-state index in [2.05, 4.69) is 33.9 Å². The van der Waals surface area contributed by atoms with Gasteiger partial charge in [0, 0.05) is 10.0 Å². The van der Waals surface area contributed by atoms with Crippen molar-refractivity contribution in [3.8, 4) is 5.75 Å². The number of halogens is 1. The van der Waals surface area contributed by atoms with E-state index in [1.54, 1.807) is 31.4 Å². The first-order chi connectivity index (χ1) is 16.9. The number of carbonyl (C=O) groups excluding carboxylic acids is 2. The van der Waals surface area contributed by atoms with E-state index < -0.39 is 17.7 Å². The Labute approximate surface area is 214 Å². The van der Waals surface area contributed by atoms with Crippen LogP contribution in [0.25, 0.3) is 16.0 Å². The normalized spacial score (nSPS) is 17.3. The number of benzene rings is 3. The lowest BCUT2D eigenvalue weighted by molar-refractivity contribution is -0.132. The number of Topliss-reactive ketones (excluding diaryl/α,β-unsaturated/α-hetero) is 1. The number of ether oxygens (including phenoxy) is 1. The largest absolute Gasteiger partial charge is 0.507 e. The fraction of sp³-hybridized carbons (Fsp3) is 0.148. The molecule has 1 aliphatic heterocycles. The van der Waals surface area contributed by atoms with Crippen molar-refractivity contribution in [3.05, 3.63) is 93.5 Å². The summed E-state index contributed by atoms with van der Waals surface area (Å²) in [7, 11) is 1.55. The van der Waals surface area contributed by atoms with Crippen LogP contribution in [0.4, 0.5) is 5.13 Å². The van der Waals surface area contributed by atoms with E-state index in [4.69, 9.17) is 4.74 Å². The highest BCUT2D eigenvalue weighted by Gasteiger charge is 2.48. The van der Waals surface area contributed by atoms with Crippen LogP contribution in [0.2, 0.25) is 0 Å². The predicted molar refractivity (Wildman–Crippen MR) is 141 cm³/mol. The van der Waals surface area contributed by atoms with Crippen LogP contribution in [0.1, 0.15) is 29.7 Å². The van der Waals surface area contributed by atoms with E-state index in [1.807, 2.05) is 36.4 Å². The number of methoxy groups -OCH3 is 1. The summed E-state index contributed by atoms with van der Waals surface area (Å²) < 4.78 is 6.93. The van der Waals surface area contributed by atoms with Gasteiger partial charge in [-0.05, 0) is 66.1 Å². The lowest BCUT2D eigenvalue weighted by Crippen LogP contribution is -2.29. The van der Waals surface area contributed by atoms with E-state index in [1.165, 1.54) is 16.2 Å². The van der Waals surface area contributed by atoms with Crippen molar-refractivity contribution < 1.29 is 19.4 Å². The number of nitrogens with zero attached hydrogens (tertiary/aromatic N) is 2. The summed E-state index contributed by atoms with van der Waals surface area (Å²) in [6.45, 7) is 2.08. The SMILES string of the molecule is CCc1ccc2nc(N3C(=O)C(=O)/C(=C(/O)c4ccc(OC)cc4)[C@H]3c3cccc(Br)c3)sc2c1. The Morgan fingerprint density at radius 2 is 1.89 bits per heavy atom. The molecule has 0 unspecified atom stereocenters. The first-order valence-electron chi connectivity index (χ1n) is 11.0. The highest BCUT2D eigenvalue weighted by Crippen LogP contribution is 2.44. The molecule has 0 bridgehead atoms. The number of aliphatic hydroxyl groups excluding tert-OH is 1. The van der Waals surface area contributed by atoms with Crippen molar-refractivity contribution in [2.24, 2.45) is 0 Å². The minimum Gasteiger partial charge on any atom is -0.507 e. The van der Waals surface area contributed by atoms with Gasteiger partial charge in [-0.2, -0.15) is 0 Å². The summed E-state index contributed by atoms with van der Waals surface area (Å²) in [6, 6.07) is 19.2. The fourth-order valence-corrected chi connectivity index (χ4v) is 5.68. The number of thiazole rings is 1. The average molecular weight is 549 g/mol. The van der Waals surface area contributed by atoms with Crippen LogP contribution in [-0.2, 0) is 16.0 Å². The number of rotatable bonds is 5. The third kappa shape index (κ3) is 4.13. The van der Waals surface area contributed by atoms with Crippen LogP contribution in [0.3, 0.4) is 0 Å². The van der Waals surface area contributed by atoms with E-state index in [0.717, 1.165) is 26.7 Å². The molecule has 6 nitrogen and oxygen atoms in total. The van der Waals surface area contributed by atoms with E-state index in [0.29, 0.717) is 22.0 Å². The molecule has 35 heavy (non-hydrogen) atoms. The molecule has 1 N–H and O–H groups in total. The molecule has 1 fully saturated rings. The van der Waals surface area contributed by atoms with Crippen LogP contribution < -0.4 is 9.64 Å². The first kappa shape index (κ1) is 23.3. The Bertz CT molecular complexity index is 1490. The van der Waals surface area contributed by atoms with Crippen molar-refractivity contribution in [2.75, 3.05) is 12.0 Å². The van der Waals surface area contributed by atoms with Crippen molar-refractivity contribution in [1.29, 1.82) is 0 Å². The van der Waals surface area contributed by atoms with Gasteiger partial charge in [0.25, 0.3) is 5.78 Å². The van der Waals surface area contributed by atoms with Crippen LogP contribution in [0.15, 0.2) is 76.8 Å². The molecule has 3 aromatic carbocycles. The van der Waals surface area contributed by atoms with Gasteiger partial charge in [0.05, 0.1) is 28.9 Å². The Morgan fingerprint density at radius 3 is 2.57 bits per heavy atom. The topological polar surface area (TPSA) is 79.7 Å². The molecule has 5 rings (SSSR count). The Balaban J connectivity index is 1.70. The zero-order chi connectivity index (χ0) is 24.7. The minimum atomic E-state index is -0.833. The van der Waals surface area contributed by atoms with Gasteiger partial charge in [-0.3, -0.25) is 14.5 Å². The molecule has 1 aromatic heterocycles. The van der Waals surface area contributed by atoms with Crippen molar-refractivity contribution >= 4 is 60.1 Å². The molecule has 1 saturated heterocycles. The first-order valence-corrected chi connectivity index (χ1v) is 12.6. The zero-order valence-corrected chi connectivity index (χ0v) is 21.4. The van der Waals surface area contributed by atoms with Gasteiger partial charge in [0.1, 0.15) is 11.5 Å². The molecule has 2 heterocycles. The zero-order valence-electron chi connectivity index (χ0n) is 19.0. The molecule has 1 aliphatic rings. The van der Waals surface area contributed by atoms with Crippen molar-refractivity contribution in [1.82, 2.24) is 4.98 Å². The number of anilines is 1.